The third kappa shape index (κ3) is 5.54. The first-order valence-corrected chi connectivity index (χ1v) is 18.9. The third-order valence-corrected chi connectivity index (χ3v) is 15.3. The maximum Gasteiger partial charge on any atom is 0.161 e. The summed E-state index contributed by atoms with van der Waals surface area (Å²) in [5, 5.41) is 3.97. The van der Waals surface area contributed by atoms with E-state index < -0.39 is 14.4 Å². The van der Waals surface area contributed by atoms with Gasteiger partial charge >= 0.3 is 0 Å². The SMILES string of the molecule is c1ccc(-c2cc(C3=NP(c4ccncc4)(c4ccncc4)=NP(c4ccncc4)(c4ccncc4)=N3)cc(-c3ccccc3)c2)cc1. The number of amidine groups is 1. The molecule has 230 valence electrons. The quantitative estimate of drug-likeness (QED) is 0.163. The molecule has 7 nitrogen and oxygen atoms in total. The molecule has 0 amide bonds. The molecule has 0 aliphatic carbocycles. The molecule has 0 fully saturated rings. The highest BCUT2D eigenvalue weighted by molar-refractivity contribution is 7.91. The second-order valence-electron chi connectivity index (χ2n) is 11.2. The molecular weight excluding hydrogens is 628 g/mol. The molecule has 1 aliphatic rings. The Labute approximate surface area is 279 Å². The van der Waals surface area contributed by atoms with Gasteiger partial charge in [-0.25, -0.2) is 14.0 Å². The van der Waals surface area contributed by atoms with E-state index in [0.717, 1.165) is 49.0 Å². The number of pyridine rings is 4. The third-order valence-electron chi connectivity index (χ3n) is 8.23. The molecule has 48 heavy (non-hydrogen) atoms. The van der Waals surface area contributed by atoms with Gasteiger partial charge < -0.3 is 0 Å². The Hall–Kier alpha value is -5.61. The van der Waals surface area contributed by atoms with Crippen LogP contribution in [-0.4, -0.2) is 25.8 Å². The Morgan fingerprint density at radius 3 is 1.08 bits per heavy atom. The molecule has 0 saturated carbocycles. The van der Waals surface area contributed by atoms with Crippen molar-refractivity contribution in [1.82, 2.24) is 19.9 Å². The van der Waals surface area contributed by atoms with Crippen LogP contribution in [0.4, 0.5) is 0 Å². The van der Waals surface area contributed by atoms with Crippen molar-refractivity contribution in [3.05, 3.63) is 183 Å². The minimum atomic E-state index is -2.90. The Bertz CT molecular complexity index is 2110. The van der Waals surface area contributed by atoms with Gasteiger partial charge in [0.2, 0.25) is 0 Å². The lowest BCUT2D eigenvalue weighted by Crippen LogP contribution is -2.23. The summed E-state index contributed by atoms with van der Waals surface area (Å²) in [6, 6.07) is 43.8. The first kappa shape index (κ1) is 29.8. The van der Waals surface area contributed by atoms with Gasteiger partial charge in [-0.05, 0) is 89.0 Å². The summed E-state index contributed by atoms with van der Waals surface area (Å²) in [7, 11) is -5.79. The zero-order valence-electron chi connectivity index (χ0n) is 25.8. The highest BCUT2D eigenvalue weighted by Crippen LogP contribution is 2.65. The fourth-order valence-electron chi connectivity index (χ4n) is 5.93. The number of hydrogen-bond acceptors (Lipinski definition) is 7. The van der Waals surface area contributed by atoms with Crippen molar-refractivity contribution in [2.75, 3.05) is 0 Å². The van der Waals surface area contributed by atoms with E-state index in [4.69, 9.17) is 14.0 Å². The average Bonchev–Trinajstić information content (AvgIpc) is 3.19. The number of rotatable bonds is 7. The standard InChI is InChI=1S/C39H29N7P2/c1-3-7-30(8-4-1)32-27-33(31-9-5-2-6-10-31)29-34(28-32)39-44-47(35-11-19-40-20-12-35,36-13-21-41-22-14-36)46-48(45-39,37-15-23-42-24-16-37)38-17-25-43-26-18-38/h1-29H. The van der Waals surface area contributed by atoms with Gasteiger partial charge in [0.1, 0.15) is 14.4 Å². The van der Waals surface area contributed by atoms with Crippen LogP contribution in [-0.2, 0) is 0 Å². The van der Waals surface area contributed by atoms with Crippen LogP contribution in [0.25, 0.3) is 22.3 Å². The number of hydrogen-bond donors (Lipinski definition) is 0. The number of aromatic nitrogens is 4. The van der Waals surface area contributed by atoms with Crippen LogP contribution in [0.2, 0.25) is 0 Å². The lowest BCUT2D eigenvalue weighted by molar-refractivity contribution is 1.33. The van der Waals surface area contributed by atoms with E-state index in [1.54, 1.807) is 0 Å². The average molecular weight is 658 g/mol. The Balaban J connectivity index is 1.53. The molecule has 7 aromatic rings. The van der Waals surface area contributed by atoms with E-state index in [1.165, 1.54) is 0 Å². The predicted octanol–water partition coefficient (Wildman–Crippen LogP) is 7.90. The van der Waals surface area contributed by atoms with Gasteiger partial charge in [0, 0.05) is 76.4 Å². The van der Waals surface area contributed by atoms with Crippen LogP contribution < -0.4 is 21.2 Å². The highest BCUT2D eigenvalue weighted by atomic mass is 31.2. The van der Waals surface area contributed by atoms with E-state index >= 15 is 0 Å². The minimum absolute atomic E-state index is 0.656. The zero-order valence-corrected chi connectivity index (χ0v) is 27.6. The van der Waals surface area contributed by atoms with Gasteiger partial charge in [-0.1, -0.05) is 60.7 Å². The first-order valence-electron chi connectivity index (χ1n) is 15.5. The van der Waals surface area contributed by atoms with E-state index in [2.05, 4.69) is 86.7 Å². The molecule has 0 atom stereocenters. The van der Waals surface area contributed by atoms with Crippen LogP contribution in [0.1, 0.15) is 5.56 Å². The van der Waals surface area contributed by atoms with Crippen molar-refractivity contribution in [3.63, 3.8) is 0 Å². The molecular formula is C39H29N7P2. The summed E-state index contributed by atoms with van der Waals surface area (Å²) in [6.45, 7) is 0. The molecule has 4 aromatic heterocycles. The minimum Gasteiger partial charge on any atom is -0.265 e. The molecule has 0 unspecified atom stereocenters. The highest BCUT2D eigenvalue weighted by Gasteiger charge is 2.37. The lowest BCUT2D eigenvalue weighted by atomic mass is 9.96. The summed E-state index contributed by atoms with van der Waals surface area (Å²) in [6.07, 6.45) is 14.5. The fourth-order valence-corrected chi connectivity index (χ4v) is 13.6. The zero-order chi connectivity index (χ0) is 32.2. The molecule has 9 heteroatoms. The van der Waals surface area contributed by atoms with E-state index in [9.17, 15) is 0 Å². The lowest BCUT2D eigenvalue weighted by Gasteiger charge is -2.32. The van der Waals surface area contributed by atoms with Crippen LogP contribution in [0.15, 0.2) is 191 Å². The van der Waals surface area contributed by atoms with Gasteiger partial charge in [0.15, 0.2) is 5.84 Å². The molecule has 8 rings (SSSR count). The summed E-state index contributed by atoms with van der Waals surface area (Å²) < 4.78 is 17.3. The Kier molecular flexibility index (Phi) is 7.99. The summed E-state index contributed by atoms with van der Waals surface area (Å²) in [5.74, 6) is 0.656. The van der Waals surface area contributed by atoms with E-state index in [-0.39, 0.29) is 0 Å². The largest absolute Gasteiger partial charge is 0.265 e. The maximum atomic E-state index is 5.92. The van der Waals surface area contributed by atoms with Crippen LogP contribution in [0.3, 0.4) is 0 Å². The van der Waals surface area contributed by atoms with Crippen molar-refractivity contribution >= 4 is 41.5 Å². The topological polar surface area (TPSA) is 88.6 Å². The van der Waals surface area contributed by atoms with Crippen LogP contribution >= 0.6 is 14.4 Å². The number of nitrogens with zero attached hydrogens (tertiary/aromatic N) is 7. The Morgan fingerprint density at radius 1 is 0.333 bits per heavy atom. The molecule has 3 aromatic carbocycles. The summed E-state index contributed by atoms with van der Waals surface area (Å²) in [4.78, 5) is 17.5. The van der Waals surface area contributed by atoms with Gasteiger partial charge in [-0.3, -0.25) is 19.9 Å². The summed E-state index contributed by atoms with van der Waals surface area (Å²) >= 11 is 0. The molecule has 1 aliphatic heterocycles. The van der Waals surface area contributed by atoms with E-state index in [1.807, 2.05) is 110 Å². The monoisotopic (exact) mass is 657 g/mol. The molecule has 0 N–H and O–H groups in total. The van der Waals surface area contributed by atoms with Gasteiger partial charge in [0.25, 0.3) is 0 Å². The second-order valence-corrected chi connectivity index (χ2v) is 16.8. The maximum absolute atomic E-state index is 5.92. The van der Waals surface area contributed by atoms with Gasteiger partial charge in [-0.15, -0.1) is 0 Å². The molecule has 0 saturated heterocycles. The van der Waals surface area contributed by atoms with Crippen LogP contribution in [0, 0.1) is 0 Å². The van der Waals surface area contributed by atoms with Crippen molar-refractivity contribution in [1.29, 1.82) is 0 Å². The molecule has 0 bridgehead atoms. The number of benzene rings is 3. The van der Waals surface area contributed by atoms with Gasteiger partial charge in [0.05, 0.1) is 0 Å². The normalized spacial score (nSPS) is 14.6. The van der Waals surface area contributed by atoms with Crippen molar-refractivity contribution in [2.24, 2.45) is 14.0 Å². The molecule has 0 radical (unpaired) electrons. The Morgan fingerprint density at radius 2 is 0.688 bits per heavy atom. The molecule has 5 heterocycles. The summed E-state index contributed by atoms with van der Waals surface area (Å²) in [5.41, 5.74) is 5.32. The van der Waals surface area contributed by atoms with Crippen molar-refractivity contribution < 1.29 is 0 Å². The van der Waals surface area contributed by atoms with Gasteiger partial charge in [-0.2, -0.15) is 0 Å². The van der Waals surface area contributed by atoms with Crippen LogP contribution in [0.5, 0.6) is 0 Å². The second kappa shape index (κ2) is 12.9. The van der Waals surface area contributed by atoms with Crippen molar-refractivity contribution in [3.8, 4) is 22.3 Å². The van der Waals surface area contributed by atoms with Crippen molar-refractivity contribution in [2.45, 2.75) is 0 Å². The fraction of sp³-hybridized carbons (Fsp3) is 0. The molecule has 0 spiro atoms. The first-order chi connectivity index (χ1) is 23.7. The van der Waals surface area contributed by atoms with E-state index in [0.29, 0.717) is 5.84 Å². The smallest absolute Gasteiger partial charge is 0.161 e. The predicted molar refractivity (Wildman–Crippen MR) is 198 cm³/mol.